The van der Waals surface area contributed by atoms with Gasteiger partial charge in [0.25, 0.3) is 0 Å². The number of hydrogen-bond acceptors (Lipinski definition) is 4. The lowest BCUT2D eigenvalue weighted by Gasteiger charge is -2.35. The molecule has 1 aromatic rings. The Morgan fingerprint density at radius 2 is 2.29 bits per heavy atom. The van der Waals surface area contributed by atoms with Gasteiger partial charge in [0.2, 0.25) is 17.7 Å². The summed E-state index contributed by atoms with van der Waals surface area (Å²) in [5, 5.41) is 2.79. The van der Waals surface area contributed by atoms with Gasteiger partial charge in [-0.1, -0.05) is 20.3 Å². The minimum absolute atomic E-state index is 0.0280. The van der Waals surface area contributed by atoms with Crippen molar-refractivity contribution in [1.29, 1.82) is 0 Å². The second-order valence-electron chi connectivity index (χ2n) is 5.33. The van der Waals surface area contributed by atoms with Crippen LogP contribution in [0.25, 0.3) is 0 Å². The standard InChI is InChI=1S/C15H21N3O3/c1-4-10(2)14-15(20)18(9-12(19)17-14)8-11-5-6-16-13(7-11)21-3/h5-7,10,14H,4,8-9H2,1-3H3,(H,17,19). The first-order valence-corrected chi connectivity index (χ1v) is 7.12. The largest absolute Gasteiger partial charge is 0.481 e. The zero-order valence-electron chi connectivity index (χ0n) is 12.6. The van der Waals surface area contributed by atoms with Crippen molar-refractivity contribution in [3.8, 4) is 5.88 Å². The molecule has 6 nitrogen and oxygen atoms in total. The molecule has 2 atom stereocenters. The number of nitrogens with one attached hydrogen (secondary N) is 1. The van der Waals surface area contributed by atoms with E-state index in [0.29, 0.717) is 12.4 Å². The Labute approximate surface area is 124 Å². The van der Waals surface area contributed by atoms with Crippen LogP contribution >= 0.6 is 0 Å². The smallest absolute Gasteiger partial charge is 0.246 e. The van der Waals surface area contributed by atoms with E-state index in [0.717, 1.165) is 12.0 Å². The number of pyridine rings is 1. The molecule has 0 radical (unpaired) electrons. The van der Waals surface area contributed by atoms with E-state index in [2.05, 4.69) is 10.3 Å². The van der Waals surface area contributed by atoms with Gasteiger partial charge in [-0.25, -0.2) is 4.98 Å². The summed E-state index contributed by atoms with van der Waals surface area (Å²) in [4.78, 5) is 29.9. The lowest BCUT2D eigenvalue weighted by atomic mass is 9.96. The Hall–Kier alpha value is -2.11. The van der Waals surface area contributed by atoms with E-state index in [4.69, 9.17) is 4.74 Å². The summed E-state index contributed by atoms with van der Waals surface area (Å²) in [7, 11) is 1.55. The number of piperazine rings is 1. The molecule has 2 amide bonds. The van der Waals surface area contributed by atoms with Crippen molar-refractivity contribution in [2.24, 2.45) is 5.92 Å². The average Bonchev–Trinajstić information content (AvgIpc) is 2.50. The van der Waals surface area contributed by atoms with E-state index in [9.17, 15) is 9.59 Å². The lowest BCUT2D eigenvalue weighted by Crippen LogP contribution is -2.59. The molecule has 6 heteroatoms. The highest BCUT2D eigenvalue weighted by Gasteiger charge is 2.35. The summed E-state index contributed by atoms with van der Waals surface area (Å²) in [6.45, 7) is 4.47. The number of carbonyl (C=O) groups excluding carboxylic acids is 2. The molecular formula is C15H21N3O3. The van der Waals surface area contributed by atoms with Crippen LogP contribution in [0, 0.1) is 5.92 Å². The monoisotopic (exact) mass is 291 g/mol. The Balaban J connectivity index is 2.14. The van der Waals surface area contributed by atoms with E-state index < -0.39 is 6.04 Å². The molecule has 1 saturated heterocycles. The van der Waals surface area contributed by atoms with Crippen LogP contribution in [0.4, 0.5) is 0 Å². The van der Waals surface area contributed by atoms with Gasteiger partial charge in [-0.2, -0.15) is 0 Å². The first-order chi connectivity index (χ1) is 10.0. The molecule has 1 fully saturated rings. The number of methoxy groups -OCH3 is 1. The Morgan fingerprint density at radius 1 is 1.52 bits per heavy atom. The summed E-state index contributed by atoms with van der Waals surface area (Å²) >= 11 is 0. The van der Waals surface area contributed by atoms with Crippen LogP contribution in [0.2, 0.25) is 0 Å². The molecule has 0 aromatic carbocycles. The minimum atomic E-state index is -0.431. The number of ether oxygens (including phenoxy) is 1. The number of rotatable bonds is 5. The Kier molecular flexibility index (Phi) is 4.77. The van der Waals surface area contributed by atoms with Crippen molar-refractivity contribution in [3.63, 3.8) is 0 Å². The lowest BCUT2D eigenvalue weighted by molar-refractivity contribution is -0.146. The number of amides is 2. The highest BCUT2D eigenvalue weighted by molar-refractivity contribution is 5.95. The third-order valence-electron chi connectivity index (χ3n) is 3.82. The van der Waals surface area contributed by atoms with Gasteiger partial charge in [-0.3, -0.25) is 9.59 Å². The fourth-order valence-electron chi connectivity index (χ4n) is 2.36. The van der Waals surface area contributed by atoms with Gasteiger partial charge in [0.05, 0.1) is 13.7 Å². The summed E-state index contributed by atoms with van der Waals surface area (Å²) in [5.74, 6) is 0.483. The van der Waals surface area contributed by atoms with Crippen molar-refractivity contribution in [2.75, 3.05) is 13.7 Å². The number of aromatic nitrogens is 1. The molecule has 1 aliphatic heterocycles. The summed E-state index contributed by atoms with van der Waals surface area (Å²) in [6.07, 6.45) is 2.47. The van der Waals surface area contributed by atoms with E-state index >= 15 is 0 Å². The van der Waals surface area contributed by atoms with Crippen molar-refractivity contribution in [2.45, 2.75) is 32.9 Å². The van der Waals surface area contributed by atoms with Crippen molar-refractivity contribution < 1.29 is 14.3 Å². The zero-order chi connectivity index (χ0) is 15.4. The van der Waals surface area contributed by atoms with E-state index in [-0.39, 0.29) is 24.3 Å². The molecule has 0 saturated carbocycles. The highest BCUT2D eigenvalue weighted by Crippen LogP contribution is 2.17. The van der Waals surface area contributed by atoms with Crippen molar-refractivity contribution in [3.05, 3.63) is 23.9 Å². The van der Waals surface area contributed by atoms with Gasteiger partial charge in [0, 0.05) is 18.8 Å². The first kappa shape index (κ1) is 15.3. The predicted octanol–water partition coefficient (Wildman–Crippen LogP) is 0.963. The van der Waals surface area contributed by atoms with Crippen LogP contribution in [0.1, 0.15) is 25.8 Å². The second kappa shape index (κ2) is 6.56. The Morgan fingerprint density at radius 3 is 2.95 bits per heavy atom. The molecule has 0 aliphatic carbocycles. The van der Waals surface area contributed by atoms with Gasteiger partial charge < -0.3 is 15.0 Å². The fraction of sp³-hybridized carbons (Fsp3) is 0.533. The summed E-state index contributed by atoms with van der Waals surface area (Å²) in [6, 6.07) is 3.17. The van der Waals surface area contributed by atoms with Gasteiger partial charge in [-0.15, -0.1) is 0 Å². The predicted molar refractivity (Wildman–Crippen MR) is 77.6 cm³/mol. The topological polar surface area (TPSA) is 71.5 Å². The highest BCUT2D eigenvalue weighted by atomic mass is 16.5. The normalized spacial score (nSPS) is 20.1. The second-order valence-corrected chi connectivity index (χ2v) is 5.33. The molecule has 1 aromatic heterocycles. The van der Waals surface area contributed by atoms with Crippen molar-refractivity contribution >= 4 is 11.8 Å². The quantitative estimate of drug-likeness (QED) is 0.877. The van der Waals surface area contributed by atoms with Crippen LogP contribution in [0.3, 0.4) is 0 Å². The van der Waals surface area contributed by atoms with Crippen LogP contribution < -0.4 is 10.1 Å². The van der Waals surface area contributed by atoms with Crippen LogP contribution in [-0.2, 0) is 16.1 Å². The van der Waals surface area contributed by atoms with Gasteiger partial charge >= 0.3 is 0 Å². The molecule has 0 bridgehead atoms. The maximum Gasteiger partial charge on any atom is 0.246 e. The fourth-order valence-corrected chi connectivity index (χ4v) is 2.36. The van der Waals surface area contributed by atoms with E-state index in [1.54, 1.807) is 24.3 Å². The van der Waals surface area contributed by atoms with Gasteiger partial charge in [0.15, 0.2) is 0 Å². The Bertz CT molecular complexity index is 533. The van der Waals surface area contributed by atoms with E-state index in [1.165, 1.54) is 0 Å². The van der Waals surface area contributed by atoms with Gasteiger partial charge in [0.1, 0.15) is 6.04 Å². The maximum absolute atomic E-state index is 12.5. The minimum Gasteiger partial charge on any atom is -0.481 e. The summed E-state index contributed by atoms with van der Waals surface area (Å²) in [5.41, 5.74) is 0.896. The third kappa shape index (κ3) is 3.51. The molecule has 0 spiro atoms. The third-order valence-corrected chi connectivity index (χ3v) is 3.82. The summed E-state index contributed by atoms with van der Waals surface area (Å²) < 4.78 is 5.07. The van der Waals surface area contributed by atoms with Gasteiger partial charge in [-0.05, 0) is 17.5 Å². The van der Waals surface area contributed by atoms with E-state index in [1.807, 2.05) is 19.9 Å². The molecule has 114 valence electrons. The molecule has 21 heavy (non-hydrogen) atoms. The number of carbonyl (C=O) groups is 2. The average molecular weight is 291 g/mol. The first-order valence-electron chi connectivity index (χ1n) is 7.12. The molecule has 2 unspecified atom stereocenters. The molecule has 2 rings (SSSR count). The SMILES string of the molecule is CCC(C)C1NC(=O)CN(Cc2ccnc(OC)c2)C1=O. The maximum atomic E-state index is 12.5. The number of hydrogen-bond donors (Lipinski definition) is 1. The molecule has 1 N–H and O–H groups in total. The molecule has 2 heterocycles. The van der Waals surface area contributed by atoms with Crippen LogP contribution in [0.5, 0.6) is 5.88 Å². The van der Waals surface area contributed by atoms with Crippen molar-refractivity contribution in [1.82, 2.24) is 15.2 Å². The molecular weight excluding hydrogens is 270 g/mol. The zero-order valence-corrected chi connectivity index (χ0v) is 12.6. The molecule has 1 aliphatic rings. The number of nitrogens with zero attached hydrogens (tertiary/aromatic N) is 2. The van der Waals surface area contributed by atoms with Crippen LogP contribution in [0.15, 0.2) is 18.3 Å². The van der Waals surface area contributed by atoms with Crippen LogP contribution in [-0.4, -0.2) is 41.4 Å².